The number of hydrogen-bond donors (Lipinski definition) is 1. The van der Waals surface area contributed by atoms with Crippen molar-refractivity contribution in [1.29, 1.82) is 0 Å². The Morgan fingerprint density at radius 1 is 1.24 bits per heavy atom. The average molecular weight is 431 g/mol. The van der Waals surface area contributed by atoms with Crippen LogP contribution in [0.25, 0.3) is 0 Å². The molecule has 0 aliphatic heterocycles. The van der Waals surface area contributed by atoms with Crippen LogP contribution in [0.15, 0.2) is 34.8 Å². The quantitative estimate of drug-likeness (QED) is 0.516. The van der Waals surface area contributed by atoms with Crippen molar-refractivity contribution in [2.45, 2.75) is 32.9 Å². The number of rotatable bonds is 9. The van der Waals surface area contributed by atoms with Gasteiger partial charge in [0.25, 0.3) is 0 Å². The van der Waals surface area contributed by atoms with Crippen molar-refractivity contribution in [2.24, 2.45) is 0 Å². The zero-order chi connectivity index (χ0) is 18.2. The Kier molecular flexibility index (Phi) is 8.00. The molecule has 1 N–H and O–H groups in total. The number of nitrogens with one attached hydrogen (secondary N) is 1. The molecule has 0 saturated heterocycles. The highest BCUT2D eigenvalue weighted by atomic mass is 79.9. The Morgan fingerprint density at radius 2 is 2.04 bits per heavy atom. The van der Waals surface area contributed by atoms with Gasteiger partial charge in [0.2, 0.25) is 0 Å². The van der Waals surface area contributed by atoms with Crippen LogP contribution in [0, 0.1) is 5.82 Å². The van der Waals surface area contributed by atoms with Crippen LogP contribution in [0.5, 0.6) is 11.5 Å². The molecule has 0 aliphatic rings. The third kappa shape index (κ3) is 5.59. The molecule has 0 aliphatic carbocycles. The standard InChI is InChI=1S/C19H22BrClFNO2/c1-3-4-9-23-11-15-16(20)7-8-18(24-2)19(15)25-12-13-5-6-14(22)10-17(13)21/h5-8,10,23H,3-4,9,11-12H2,1-2H3. The first-order valence-electron chi connectivity index (χ1n) is 8.19. The largest absolute Gasteiger partial charge is 0.493 e. The molecule has 0 unspecified atom stereocenters. The van der Waals surface area contributed by atoms with Crippen molar-refractivity contribution < 1.29 is 13.9 Å². The van der Waals surface area contributed by atoms with Gasteiger partial charge in [0.15, 0.2) is 11.5 Å². The fourth-order valence-electron chi connectivity index (χ4n) is 2.37. The highest BCUT2D eigenvalue weighted by Gasteiger charge is 2.15. The summed E-state index contributed by atoms with van der Waals surface area (Å²) in [5, 5.41) is 3.76. The lowest BCUT2D eigenvalue weighted by atomic mass is 10.1. The maximum Gasteiger partial charge on any atom is 0.167 e. The molecule has 0 saturated carbocycles. The van der Waals surface area contributed by atoms with Crippen LogP contribution in [0.4, 0.5) is 4.39 Å². The summed E-state index contributed by atoms with van der Waals surface area (Å²) in [6.07, 6.45) is 2.25. The van der Waals surface area contributed by atoms with Crippen LogP contribution in [0.2, 0.25) is 5.02 Å². The minimum Gasteiger partial charge on any atom is -0.493 e. The molecular weight excluding hydrogens is 409 g/mol. The van der Waals surface area contributed by atoms with Crippen molar-refractivity contribution in [3.05, 3.63) is 56.8 Å². The van der Waals surface area contributed by atoms with Crippen LogP contribution in [-0.4, -0.2) is 13.7 Å². The second-order valence-corrected chi connectivity index (χ2v) is 6.87. The lowest BCUT2D eigenvalue weighted by Crippen LogP contribution is -2.16. The minimum absolute atomic E-state index is 0.230. The van der Waals surface area contributed by atoms with Crippen molar-refractivity contribution in [2.75, 3.05) is 13.7 Å². The summed E-state index contributed by atoms with van der Waals surface area (Å²) in [6.45, 7) is 3.98. The molecule has 2 aromatic carbocycles. The van der Waals surface area contributed by atoms with E-state index in [1.165, 1.54) is 12.1 Å². The van der Waals surface area contributed by atoms with Crippen LogP contribution < -0.4 is 14.8 Å². The van der Waals surface area contributed by atoms with Gasteiger partial charge >= 0.3 is 0 Å². The van der Waals surface area contributed by atoms with Gasteiger partial charge in [0.1, 0.15) is 12.4 Å². The van der Waals surface area contributed by atoms with Crippen molar-refractivity contribution in [1.82, 2.24) is 5.32 Å². The van der Waals surface area contributed by atoms with E-state index < -0.39 is 0 Å². The zero-order valence-electron chi connectivity index (χ0n) is 14.4. The molecule has 0 spiro atoms. The molecule has 0 heterocycles. The SMILES string of the molecule is CCCCNCc1c(Br)ccc(OC)c1OCc1ccc(F)cc1Cl. The Hall–Kier alpha value is -1.30. The summed E-state index contributed by atoms with van der Waals surface area (Å²) >= 11 is 9.66. The Balaban J connectivity index is 2.20. The number of halogens is 3. The normalized spacial score (nSPS) is 10.8. The van der Waals surface area contributed by atoms with Gasteiger partial charge in [-0.15, -0.1) is 0 Å². The summed E-state index contributed by atoms with van der Waals surface area (Å²) in [4.78, 5) is 0. The second kappa shape index (κ2) is 10.00. The van der Waals surface area contributed by atoms with Crippen LogP contribution in [0.1, 0.15) is 30.9 Å². The first kappa shape index (κ1) is 20.0. The Morgan fingerprint density at radius 3 is 2.72 bits per heavy atom. The predicted molar refractivity (Wildman–Crippen MR) is 103 cm³/mol. The number of methoxy groups -OCH3 is 1. The molecule has 0 atom stereocenters. The third-order valence-corrected chi connectivity index (χ3v) is 4.88. The van der Waals surface area contributed by atoms with E-state index in [0.717, 1.165) is 35.0 Å². The lowest BCUT2D eigenvalue weighted by molar-refractivity contribution is 0.280. The van der Waals surface area contributed by atoms with E-state index >= 15 is 0 Å². The fourth-order valence-corrected chi connectivity index (χ4v) is 3.04. The summed E-state index contributed by atoms with van der Waals surface area (Å²) in [7, 11) is 1.61. The molecule has 0 aromatic heterocycles. The number of unbranched alkanes of at least 4 members (excludes halogenated alkanes) is 1. The van der Waals surface area contributed by atoms with Crippen molar-refractivity contribution in [3.63, 3.8) is 0 Å². The monoisotopic (exact) mass is 429 g/mol. The van der Waals surface area contributed by atoms with E-state index in [1.807, 2.05) is 12.1 Å². The molecule has 0 bridgehead atoms. The van der Waals surface area contributed by atoms with Gasteiger partial charge in [0, 0.05) is 22.1 Å². The van der Waals surface area contributed by atoms with E-state index in [1.54, 1.807) is 13.2 Å². The van der Waals surface area contributed by atoms with Gasteiger partial charge in [-0.05, 0) is 37.2 Å². The maximum absolute atomic E-state index is 13.2. The zero-order valence-corrected chi connectivity index (χ0v) is 16.7. The van der Waals surface area contributed by atoms with E-state index in [4.69, 9.17) is 21.1 Å². The maximum atomic E-state index is 13.2. The molecule has 0 amide bonds. The van der Waals surface area contributed by atoms with Crippen LogP contribution in [-0.2, 0) is 13.2 Å². The molecule has 6 heteroatoms. The molecule has 0 fully saturated rings. The Bertz CT molecular complexity index is 712. The minimum atomic E-state index is -0.366. The van der Waals surface area contributed by atoms with E-state index in [0.29, 0.717) is 23.1 Å². The van der Waals surface area contributed by atoms with Gasteiger partial charge in [-0.3, -0.25) is 0 Å². The molecule has 25 heavy (non-hydrogen) atoms. The number of ether oxygens (including phenoxy) is 2. The highest BCUT2D eigenvalue weighted by Crippen LogP contribution is 2.37. The van der Waals surface area contributed by atoms with E-state index in [9.17, 15) is 4.39 Å². The van der Waals surface area contributed by atoms with Gasteiger partial charge in [-0.25, -0.2) is 4.39 Å². The van der Waals surface area contributed by atoms with Crippen LogP contribution >= 0.6 is 27.5 Å². The first-order valence-corrected chi connectivity index (χ1v) is 9.36. The third-order valence-electron chi connectivity index (χ3n) is 3.78. The van der Waals surface area contributed by atoms with Gasteiger partial charge < -0.3 is 14.8 Å². The number of benzene rings is 2. The van der Waals surface area contributed by atoms with Gasteiger partial charge in [-0.1, -0.05) is 46.9 Å². The highest BCUT2D eigenvalue weighted by molar-refractivity contribution is 9.10. The van der Waals surface area contributed by atoms with E-state index in [2.05, 4.69) is 28.2 Å². The summed E-state index contributed by atoms with van der Waals surface area (Å²) < 4.78 is 25.6. The summed E-state index contributed by atoms with van der Waals surface area (Å²) in [5.74, 6) is 0.935. The smallest absolute Gasteiger partial charge is 0.167 e. The summed E-state index contributed by atoms with van der Waals surface area (Å²) in [6, 6.07) is 8.07. The van der Waals surface area contributed by atoms with E-state index in [-0.39, 0.29) is 12.4 Å². The topological polar surface area (TPSA) is 30.5 Å². The molecular formula is C19H22BrClFNO2. The lowest BCUT2D eigenvalue weighted by Gasteiger charge is -2.17. The van der Waals surface area contributed by atoms with Crippen LogP contribution in [0.3, 0.4) is 0 Å². The fraction of sp³-hybridized carbons (Fsp3) is 0.368. The molecule has 2 rings (SSSR count). The van der Waals surface area contributed by atoms with Crippen molar-refractivity contribution in [3.8, 4) is 11.5 Å². The first-order chi connectivity index (χ1) is 12.1. The van der Waals surface area contributed by atoms with Gasteiger partial charge in [0.05, 0.1) is 12.1 Å². The molecule has 0 radical (unpaired) electrons. The second-order valence-electron chi connectivity index (χ2n) is 5.61. The van der Waals surface area contributed by atoms with Gasteiger partial charge in [-0.2, -0.15) is 0 Å². The molecule has 2 aromatic rings. The molecule has 3 nitrogen and oxygen atoms in total. The molecule has 136 valence electrons. The Labute approximate surface area is 161 Å². The average Bonchev–Trinajstić information content (AvgIpc) is 2.59. The summed E-state index contributed by atoms with van der Waals surface area (Å²) in [5.41, 5.74) is 1.70. The predicted octanol–water partition coefficient (Wildman–Crippen LogP) is 5.72. The van der Waals surface area contributed by atoms with Crippen molar-refractivity contribution >= 4 is 27.5 Å². The number of hydrogen-bond acceptors (Lipinski definition) is 3.